The molecule has 0 amide bonds. The number of nitriles is 1. The van der Waals surface area contributed by atoms with Gasteiger partial charge in [-0.2, -0.15) is 5.26 Å². The largest absolute Gasteiger partial charge is 0.250 e. The van der Waals surface area contributed by atoms with Crippen molar-refractivity contribution in [2.24, 2.45) is 0 Å². The number of nitrogens with zero attached hydrogens (tertiary/aromatic N) is 2. The zero-order valence-corrected chi connectivity index (χ0v) is 7.34. The second-order valence-corrected chi connectivity index (χ2v) is 3.13. The minimum atomic E-state index is 0.650. The summed E-state index contributed by atoms with van der Waals surface area (Å²) in [6.45, 7) is 3.60. The monoisotopic (exact) mass is 176 g/mol. The lowest BCUT2D eigenvalue weighted by Crippen LogP contribution is -1.81. The van der Waals surface area contributed by atoms with Crippen molar-refractivity contribution in [1.29, 1.82) is 5.26 Å². The van der Waals surface area contributed by atoms with Crippen LogP contribution in [0, 0.1) is 11.3 Å². The van der Waals surface area contributed by atoms with E-state index in [2.05, 4.69) is 17.6 Å². The minimum absolute atomic E-state index is 0.650. The van der Waals surface area contributed by atoms with Crippen molar-refractivity contribution in [3.8, 4) is 6.07 Å². The molecule has 0 saturated heterocycles. The molecule has 3 heteroatoms. The van der Waals surface area contributed by atoms with Gasteiger partial charge in [0.25, 0.3) is 0 Å². The third kappa shape index (κ3) is 2.40. The van der Waals surface area contributed by atoms with Crippen LogP contribution in [0.3, 0.4) is 0 Å². The predicted octanol–water partition coefficient (Wildman–Crippen LogP) is 2.23. The Bertz CT molecular complexity index is 315. The Hall–Kier alpha value is -1.27. The van der Waals surface area contributed by atoms with E-state index in [1.165, 1.54) is 0 Å². The van der Waals surface area contributed by atoms with Gasteiger partial charge in [-0.3, -0.25) is 0 Å². The van der Waals surface area contributed by atoms with Crippen molar-refractivity contribution >= 4 is 11.8 Å². The molecule has 12 heavy (non-hydrogen) atoms. The van der Waals surface area contributed by atoms with Crippen LogP contribution >= 0.6 is 11.8 Å². The van der Waals surface area contributed by atoms with Crippen molar-refractivity contribution < 1.29 is 0 Å². The molecule has 0 atom stereocenters. The fourth-order valence-electron chi connectivity index (χ4n) is 0.702. The third-order valence-corrected chi connectivity index (χ3v) is 2.13. The van der Waals surface area contributed by atoms with Crippen LogP contribution in [0.2, 0.25) is 0 Å². The molecule has 60 valence electrons. The Labute approximate surface area is 75.9 Å². The lowest BCUT2D eigenvalue weighted by atomic mass is 10.3. The van der Waals surface area contributed by atoms with Gasteiger partial charge in [-0.15, -0.1) is 18.3 Å². The second kappa shape index (κ2) is 4.58. The summed E-state index contributed by atoms with van der Waals surface area (Å²) in [5.74, 6) is 0.821. The van der Waals surface area contributed by atoms with Gasteiger partial charge in [0.1, 0.15) is 0 Å². The highest BCUT2D eigenvalue weighted by Gasteiger charge is 1.94. The summed E-state index contributed by atoms with van der Waals surface area (Å²) >= 11 is 1.57. The highest BCUT2D eigenvalue weighted by molar-refractivity contribution is 7.99. The molecule has 0 saturated carbocycles. The molecule has 0 aliphatic rings. The highest BCUT2D eigenvalue weighted by atomic mass is 32.2. The fourth-order valence-corrected chi connectivity index (χ4v) is 1.34. The van der Waals surface area contributed by atoms with Gasteiger partial charge in [0.15, 0.2) is 0 Å². The normalized spacial score (nSPS) is 8.92. The molecule has 2 nitrogen and oxygen atoms in total. The number of aromatic nitrogens is 1. The lowest BCUT2D eigenvalue weighted by molar-refractivity contribution is 1.13. The lowest BCUT2D eigenvalue weighted by Gasteiger charge is -1.95. The van der Waals surface area contributed by atoms with Crippen LogP contribution in [0.1, 0.15) is 5.56 Å². The predicted molar refractivity (Wildman–Crippen MR) is 49.9 cm³/mol. The average molecular weight is 176 g/mol. The maximum atomic E-state index is 8.58. The summed E-state index contributed by atoms with van der Waals surface area (Å²) in [5.41, 5.74) is 0.650. The van der Waals surface area contributed by atoms with Gasteiger partial charge < -0.3 is 0 Å². The van der Waals surface area contributed by atoms with Gasteiger partial charge in [0.2, 0.25) is 0 Å². The molecule has 0 bridgehead atoms. The molecule has 0 radical (unpaired) electrons. The van der Waals surface area contributed by atoms with Crippen molar-refractivity contribution in [3.63, 3.8) is 0 Å². The van der Waals surface area contributed by atoms with E-state index in [1.54, 1.807) is 30.1 Å². The molecule has 0 aromatic carbocycles. The van der Waals surface area contributed by atoms with E-state index in [1.807, 2.05) is 6.08 Å². The van der Waals surface area contributed by atoms with Crippen LogP contribution in [0.4, 0.5) is 0 Å². The van der Waals surface area contributed by atoms with Gasteiger partial charge in [0.05, 0.1) is 16.7 Å². The molecule has 0 fully saturated rings. The van der Waals surface area contributed by atoms with E-state index in [0.29, 0.717) is 5.56 Å². The van der Waals surface area contributed by atoms with E-state index < -0.39 is 0 Å². The molecule has 1 heterocycles. The maximum Gasteiger partial charge on any atom is 0.0993 e. The van der Waals surface area contributed by atoms with E-state index in [9.17, 15) is 0 Å². The van der Waals surface area contributed by atoms with Gasteiger partial charge in [0, 0.05) is 11.9 Å². The summed E-state index contributed by atoms with van der Waals surface area (Å²) in [4.78, 5) is 4.09. The first-order valence-corrected chi connectivity index (χ1v) is 4.45. The van der Waals surface area contributed by atoms with Crippen LogP contribution in [-0.2, 0) is 0 Å². The molecule has 1 aromatic heterocycles. The smallest absolute Gasteiger partial charge is 0.0993 e. The van der Waals surface area contributed by atoms with E-state index in [-0.39, 0.29) is 0 Å². The standard InChI is InChI=1S/C9H8N2S/c1-2-5-12-9-6-8(7-10)3-4-11-9/h2-4,6H,1,5H2. The summed E-state index contributed by atoms with van der Waals surface area (Å²) in [6, 6.07) is 5.53. The molecule has 0 spiro atoms. The fraction of sp³-hybridized carbons (Fsp3) is 0.111. The first kappa shape index (κ1) is 8.82. The number of thioether (sulfide) groups is 1. The highest BCUT2D eigenvalue weighted by Crippen LogP contribution is 2.15. The second-order valence-electron chi connectivity index (χ2n) is 2.09. The Kier molecular flexibility index (Phi) is 3.36. The SMILES string of the molecule is C=CCSc1cc(C#N)ccn1. The number of hydrogen-bond acceptors (Lipinski definition) is 3. The number of pyridine rings is 1. The van der Waals surface area contributed by atoms with Crippen LogP contribution in [0.5, 0.6) is 0 Å². The van der Waals surface area contributed by atoms with Crippen LogP contribution in [-0.4, -0.2) is 10.7 Å². The van der Waals surface area contributed by atoms with Crippen molar-refractivity contribution in [1.82, 2.24) is 4.98 Å². The Morgan fingerprint density at radius 3 is 3.25 bits per heavy atom. The van der Waals surface area contributed by atoms with Gasteiger partial charge in [-0.05, 0) is 12.1 Å². The number of rotatable bonds is 3. The summed E-state index contributed by atoms with van der Waals surface area (Å²) < 4.78 is 0. The molecule has 0 unspecified atom stereocenters. The van der Waals surface area contributed by atoms with Gasteiger partial charge in [-0.1, -0.05) is 6.08 Å². The maximum absolute atomic E-state index is 8.58. The van der Waals surface area contributed by atoms with Crippen molar-refractivity contribution in [3.05, 3.63) is 36.5 Å². The van der Waals surface area contributed by atoms with E-state index in [0.717, 1.165) is 10.8 Å². The van der Waals surface area contributed by atoms with Gasteiger partial charge >= 0.3 is 0 Å². The van der Waals surface area contributed by atoms with E-state index >= 15 is 0 Å². The molecular formula is C9H8N2S. The minimum Gasteiger partial charge on any atom is -0.250 e. The molecule has 0 aliphatic heterocycles. The topological polar surface area (TPSA) is 36.7 Å². The van der Waals surface area contributed by atoms with Gasteiger partial charge in [-0.25, -0.2) is 4.98 Å². The van der Waals surface area contributed by atoms with Crippen LogP contribution < -0.4 is 0 Å². The Balaban J connectivity index is 2.74. The quantitative estimate of drug-likeness (QED) is 0.523. The summed E-state index contributed by atoms with van der Waals surface area (Å²) in [5, 5.41) is 9.45. The third-order valence-electron chi connectivity index (χ3n) is 1.21. The summed E-state index contributed by atoms with van der Waals surface area (Å²) in [7, 11) is 0. The average Bonchev–Trinajstić information content (AvgIpc) is 2.15. The molecule has 1 aromatic rings. The molecule has 1 rings (SSSR count). The Morgan fingerprint density at radius 2 is 2.58 bits per heavy atom. The van der Waals surface area contributed by atoms with Crippen LogP contribution in [0.25, 0.3) is 0 Å². The molecule has 0 N–H and O–H groups in total. The van der Waals surface area contributed by atoms with Crippen molar-refractivity contribution in [2.75, 3.05) is 5.75 Å². The Morgan fingerprint density at radius 1 is 1.75 bits per heavy atom. The first-order valence-electron chi connectivity index (χ1n) is 3.46. The van der Waals surface area contributed by atoms with Crippen molar-refractivity contribution in [2.45, 2.75) is 5.03 Å². The summed E-state index contributed by atoms with van der Waals surface area (Å²) in [6.07, 6.45) is 3.45. The number of hydrogen-bond donors (Lipinski definition) is 0. The zero-order chi connectivity index (χ0) is 8.81. The first-order chi connectivity index (χ1) is 5.86. The molecule has 0 aliphatic carbocycles. The van der Waals surface area contributed by atoms with E-state index in [4.69, 9.17) is 5.26 Å². The zero-order valence-electron chi connectivity index (χ0n) is 6.53. The molecular weight excluding hydrogens is 168 g/mol. The van der Waals surface area contributed by atoms with Crippen LogP contribution in [0.15, 0.2) is 36.0 Å².